The number of ether oxygens (including phenoxy) is 2. The van der Waals surface area contributed by atoms with Gasteiger partial charge in [-0.2, -0.15) is 4.31 Å². The van der Waals surface area contributed by atoms with Gasteiger partial charge in [0.15, 0.2) is 6.61 Å². The van der Waals surface area contributed by atoms with Crippen molar-refractivity contribution in [3.05, 3.63) is 47.3 Å². The first-order valence-corrected chi connectivity index (χ1v) is 15.2. The fraction of sp³-hybridized carbons (Fsp3) is 0.586. The zero-order valence-corrected chi connectivity index (χ0v) is 23.3. The number of aryl methyl sites for hydroxylation is 1. The van der Waals surface area contributed by atoms with Crippen molar-refractivity contribution in [3.63, 3.8) is 0 Å². The molecular formula is C29H36N2O7S. The van der Waals surface area contributed by atoms with Crippen LogP contribution in [0, 0.1) is 31.1 Å². The number of carbonyl (C=O) groups is 2. The Balaban J connectivity index is 1.19. The largest absolute Gasteiger partial charge is 0.457 e. The third kappa shape index (κ3) is 4.65. The molecular weight excluding hydrogens is 520 g/mol. The first-order chi connectivity index (χ1) is 18.5. The highest BCUT2D eigenvalue weighted by atomic mass is 32.2. The number of rotatable bonds is 7. The van der Waals surface area contributed by atoms with E-state index in [9.17, 15) is 23.1 Å². The summed E-state index contributed by atoms with van der Waals surface area (Å²) in [4.78, 5) is 26.7. The monoisotopic (exact) mass is 556 g/mol. The number of Topliss-reactive ketones (excluding diaryl/α,β-unsaturated/α-hetero) is 1. The van der Waals surface area contributed by atoms with E-state index in [-0.39, 0.29) is 23.3 Å². The number of sulfonamides is 1. The van der Waals surface area contributed by atoms with Gasteiger partial charge in [0.2, 0.25) is 15.8 Å². The molecule has 2 aromatic rings. The maximum Gasteiger partial charge on any atom is 0.312 e. The number of esters is 1. The summed E-state index contributed by atoms with van der Waals surface area (Å²) in [5.41, 5.74) is 1.04. The highest BCUT2D eigenvalue weighted by Crippen LogP contribution is 2.62. The smallest absolute Gasteiger partial charge is 0.312 e. The lowest BCUT2D eigenvalue weighted by Gasteiger charge is -2.58. The second-order valence-electron chi connectivity index (χ2n) is 12.1. The molecule has 1 aliphatic heterocycles. The Bertz CT molecular complexity index is 1410. The van der Waals surface area contributed by atoms with E-state index in [1.807, 2.05) is 17.6 Å². The van der Waals surface area contributed by atoms with Gasteiger partial charge in [0.05, 0.1) is 29.1 Å². The molecule has 4 atom stereocenters. The summed E-state index contributed by atoms with van der Waals surface area (Å²) in [6.07, 6.45) is 4.49. The van der Waals surface area contributed by atoms with E-state index < -0.39 is 21.0 Å². The summed E-state index contributed by atoms with van der Waals surface area (Å²) >= 11 is 0. The minimum absolute atomic E-state index is 0.188. The van der Waals surface area contributed by atoms with E-state index in [1.165, 1.54) is 4.31 Å². The molecule has 2 unspecified atom stereocenters. The van der Waals surface area contributed by atoms with Gasteiger partial charge >= 0.3 is 5.97 Å². The van der Waals surface area contributed by atoms with Crippen LogP contribution in [0.4, 0.5) is 0 Å². The molecule has 1 N–H and O–H groups in total. The normalized spacial score (nSPS) is 30.4. The fourth-order valence-corrected chi connectivity index (χ4v) is 9.42. The number of benzene rings is 1. The summed E-state index contributed by atoms with van der Waals surface area (Å²) in [6.45, 7) is 4.67. The van der Waals surface area contributed by atoms with E-state index in [1.54, 1.807) is 31.2 Å². The predicted octanol–water partition coefficient (Wildman–Crippen LogP) is 3.17. The predicted molar refractivity (Wildman–Crippen MR) is 142 cm³/mol. The van der Waals surface area contributed by atoms with Crippen molar-refractivity contribution in [1.82, 2.24) is 8.87 Å². The van der Waals surface area contributed by atoms with E-state index in [0.29, 0.717) is 61.5 Å². The topological polar surface area (TPSA) is 115 Å². The van der Waals surface area contributed by atoms with Crippen LogP contribution in [-0.4, -0.2) is 72.7 Å². The second-order valence-corrected chi connectivity index (χ2v) is 14.0. The molecule has 1 aromatic heterocycles. The highest BCUT2D eigenvalue weighted by Gasteiger charge is 2.61. The molecule has 0 radical (unpaired) electrons. The third-order valence-electron chi connectivity index (χ3n) is 9.21. The lowest BCUT2D eigenvalue weighted by molar-refractivity contribution is -0.195. The van der Waals surface area contributed by atoms with Crippen molar-refractivity contribution in [3.8, 4) is 5.69 Å². The third-order valence-corrected chi connectivity index (χ3v) is 11.1. The van der Waals surface area contributed by atoms with Gasteiger partial charge in [-0.05, 0) is 88.5 Å². The number of nitrogens with zero attached hydrogens (tertiary/aromatic N) is 2. The van der Waals surface area contributed by atoms with E-state index in [4.69, 9.17) is 9.47 Å². The summed E-state index contributed by atoms with van der Waals surface area (Å²) < 4.78 is 40.6. The minimum Gasteiger partial charge on any atom is -0.457 e. The Morgan fingerprint density at radius 2 is 1.77 bits per heavy atom. The molecule has 9 nitrogen and oxygen atoms in total. The van der Waals surface area contributed by atoms with Crippen LogP contribution in [0.5, 0.6) is 0 Å². The zero-order chi connectivity index (χ0) is 27.6. The first kappa shape index (κ1) is 26.7. The fourth-order valence-electron chi connectivity index (χ4n) is 7.98. The van der Waals surface area contributed by atoms with Crippen LogP contribution in [0.25, 0.3) is 5.69 Å². The van der Waals surface area contributed by atoms with Gasteiger partial charge in [-0.25, -0.2) is 8.42 Å². The number of hydrogen-bond acceptors (Lipinski definition) is 7. The van der Waals surface area contributed by atoms with Crippen molar-refractivity contribution in [2.75, 3.05) is 32.9 Å². The summed E-state index contributed by atoms with van der Waals surface area (Å²) in [6, 6.07) is 8.46. The average Bonchev–Trinajstić information content (AvgIpc) is 3.19. The minimum atomic E-state index is -3.67. The van der Waals surface area contributed by atoms with Crippen molar-refractivity contribution >= 4 is 21.8 Å². The second kappa shape index (κ2) is 9.54. The molecule has 210 valence electrons. The quantitative estimate of drug-likeness (QED) is 0.412. The van der Waals surface area contributed by atoms with Gasteiger partial charge in [0.25, 0.3) is 0 Å². The number of ketones is 1. The Labute approximate surface area is 229 Å². The van der Waals surface area contributed by atoms with Crippen LogP contribution in [0.3, 0.4) is 0 Å². The molecule has 4 aliphatic carbocycles. The van der Waals surface area contributed by atoms with Gasteiger partial charge in [-0.3, -0.25) is 9.59 Å². The van der Waals surface area contributed by atoms with Crippen molar-refractivity contribution in [1.29, 1.82) is 0 Å². The van der Waals surface area contributed by atoms with Gasteiger partial charge in [0, 0.05) is 35.7 Å². The molecule has 5 fully saturated rings. The molecule has 0 amide bonds. The van der Waals surface area contributed by atoms with E-state index >= 15 is 0 Å². The molecule has 39 heavy (non-hydrogen) atoms. The number of morpholine rings is 1. The molecule has 0 spiro atoms. The van der Waals surface area contributed by atoms with Gasteiger partial charge in [-0.1, -0.05) is 6.07 Å². The van der Waals surface area contributed by atoms with Crippen molar-refractivity contribution in [2.24, 2.45) is 17.3 Å². The molecule has 1 saturated heterocycles. The summed E-state index contributed by atoms with van der Waals surface area (Å²) in [5.74, 6) is 0.0314. The van der Waals surface area contributed by atoms with E-state index in [0.717, 1.165) is 37.8 Å². The first-order valence-electron chi connectivity index (χ1n) is 13.8. The molecule has 7 rings (SSSR count). The summed E-state index contributed by atoms with van der Waals surface area (Å²) in [7, 11) is -3.67. The lowest BCUT2D eigenvalue weighted by Crippen LogP contribution is -2.58. The van der Waals surface area contributed by atoms with Gasteiger partial charge in [0.1, 0.15) is 0 Å². The van der Waals surface area contributed by atoms with Crippen LogP contribution >= 0.6 is 0 Å². The van der Waals surface area contributed by atoms with Crippen molar-refractivity contribution < 1.29 is 32.6 Å². The Kier molecular flexibility index (Phi) is 6.53. The average molecular weight is 557 g/mol. The lowest BCUT2D eigenvalue weighted by atomic mass is 9.48. The molecule has 1 aromatic carbocycles. The molecule has 2 heterocycles. The Morgan fingerprint density at radius 3 is 2.44 bits per heavy atom. The Morgan fingerprint density at radius 1 is 1.08 bits per heavy atom. The van der Waals surface area contributed by atoms with Crippen LogP contribution < -0.4 is 0 Å². The molecule has 4 bridgehead atoms. The van der Waals surface area contributed by atoms with Crippen LogP contribution in [-0.2, 0) is 24.3 Å². The standard InChI is InChI=1S/C29H36N2O7S/c1-19-10-25(26(32)17-38-27(33)28-13-21-11-22(14-28)16-29(34,15-21)18-28)20(2)31(19)23-4-3-5-24(12-23)39(35,36)30-6-8-37-9-7-30/h3-5,10,12,21-22,34H,6-9,11,13-18H2,1-2H3/t21-,22+,28?,29?. The van der Waals surface area contributed by atoms with Gasteiger partial charge < -0.3 is 19.1 Å². The number of hydrogen-bond donors (Lipinski definition) is 1. The van der Waals surface area contributed by atoms with Crippen LogP contribution in [0.2, 0.25) is 0 Å². The SMILES string of the molecule is Cc1cc(C(=O)COC(=O)C23C[C@@H]4C[C@@H](CC(O)(C4)C2)C3)c(C)n1-c1cccc(S(=O)(=O)N2CCOCC2)c1. The van der Waals surface area contributed by atoms with Gasteiger partial charge in [-0.15, -0.1) is 0 Å². The van der Waals surface area contributed by atoms with E-state index in [2.05, 4.69) is 0 Å². The maximum absolute atomic E-state index is 13.3. The molecule has 10 heteroatoms. The number of carbonyl (C=O) groups excluding carboxylic acids is 2. The summed E-state index contributed by atoms with van der Waals surface area (Å²) in [5, 5.41) is 11.0. The zero-order valence-electron chi connectivity index (χ0n) is 22.5. The van der Waals surface area contributed by atoms with Crippen LogP contribution in [0.15, 0.2) is 35.2 Å². The molecule has 4 saturated carbocycles. The van der Waals surface area contributed by atoms with Crippen molar-refractivity contribution in [2.45, 2.75) is 62.9 Å². The van der Waals surface area contributed by atoms with Crippen LogP contribution in [0.1, 0.15) is 60.3 Å². The molecule has 5 aliphatic rings. The number of aliphatic hydroxyl groups is 1. The Hall–Kier alpha value is -2.53. The maximum atomic E-state index is 13.3. The number of aromatic nitrogens is 1. The highest BCUT2D eigenvalue weighted by molar-refractivity contribution is 7.89.